The molecule has 2 atom stereocenters. The lowest BCUT2D eigenvalue weighted by Crippen LogP contribution is -2.32. The molecule has 0 spiro atoms. The minimum absolute atomic E-state index is 0.260. The number of hydrogen-bond donors (Lipinski definition) is 2. The van der Waals surface area contributed by atoms with Gasteiger partial charge in [0.25, 0.3) is 0 Å². The summed E-state index contributed by atoms with van der Waals surface area (Å²) in [5, 5.41) is 12.6. The molecule has 2 rings (SSSR count). The SMILES string of the molecule is CC(CCO)NC1CSCCc2ccccc21. The lowest BCUT2D eigenvalue weighted by atomic mass is 9.99. The van der Waals surface area contributed by atoms with Crippen molar-refractivity contribution in [1.29, 1.82) is 0 Å². The molecule has 94 valence electrons. The molecule has 0 amide bonds. The van der Waals surface area contributed by atoms with E-state index < -0.39 is 0 Å². The van der Waals surface area contributed by atoms with Gasteiger partial charge >= 0.3 is 0 Å². The van der Waals surface area contributed by atoms with Crippen LogP contribution in [0.25, 0.3) is 0 Å². The zero-order valence-electron chi connectivity index (χ0n) is 10.4. The lowest BCUT2D eigenvalue weighted by Gasteiger charge is -2.23. The molecule has 2 unspecified atom stereocenters. The van der Waals surface area contributed by atoms with Crippen molar-refractivity contribution in [1.82, 2.24) is 5.32 Å². The molecule has 1 aromatic rings. The number of fused-ring (bicyclic) bond motifs is 1. The summed E-state index contributed by atoms with van der Waals surface area (Å²) in [4.78, 5) is 0. The summed E-state index contributed by atoms with van der Waals surface area (Å²) in [6.45, 7) is 2.41. The smallest absolute Gasteiger partial charge is 0.0445 e. The highest BCUT2D eigenvalue weighted by molar-refractivity contribution is 7.99. The van der Waals surface area contributed by atoms with Crippen LogP contribution in [0, 0.1) is 0 Å². The summed E-state index contributed by atoms with van der Waals surface area (Å²) in [5.74, 6) is 2.34. The maximum Gasteiger partial charge on any atom is 0.0445 e. The van der Waals surface area contributed by atoms with Gasteiger partial charge in [0.2, 0.25) is 0 Å². The summed E-state index contributed by atoms with van der Waals surface area (Å²) in [6.07, 6.45) is 2.00. The van der Waals surface area contributed by atoms with Crippen molar-refractivity contribution >= 4 is 11.8 Å². The van der Waals surface area contributed by atoms with Crippen LogP contribution >= 0.6 is 11.8 Å². The Balaban J connectivity index is 2.11. The van der Waals surface area contributed by atoms with Gasteiger partial charge in [-0.05, 0) is 36.6 Å². The molecule has 2 nitrogen and oxygen atoms in total. The van der Waals surface area contributed by atoms with Crippen molar-refractivity contribution in [3.05, 3.63) is 35.4 Å². The van der Waals surface area contributed by atoms with Gasteiger partial charge in [-0.2, -0.15) is 11.8 Å². The molecule has 17 heavy (non-hydrogen) atoms. The van der Waals surface area contributed by atoms with E-state index in [1.807, 2.05) is 11.8 Å². The second kappa shape index (κ2) is 6.43. The Morgan fingerprint density at radius 3 is 3.12 bits per heavy atom. The molecule has 0 fully saturated rings. The average Bonchev–Trinajstić information content (AvgIpc) is 2.53. The monoisotopic (exact) mass is 251 g/mol. The fourth-order valence-corrected chi connectivity index (χ4v) is 3.38. The first-order valence-corrected chi connectivity index (χ1v) is 7.49. The second-order valence-corrected chi connectivity index (χ2v) is 5.81. The van der Waals surface area contributed by atoms with Crippen LogP contribution in [0.5, 0.6) is 0 Å². The van der Waals surface area contributed by atoms with Gasteiger partial charge in [0, 0.05) is 24.4 Å². The number of nitrogens with one attached hydrogen (secondary N) is 1. The molecule has 0 saturated heterocycles. The number of thioether (sulfide) groups is 1. The summed E-state index contributed by atoms with van der Waals surface area (Å²) in [6, 6.07) is 9.54. The van der Waals surface area contributed by atoms with Crippen LogP contribution in [0.3, 0.4) is 0 Å². The largest absolute Gasteiger partial charge is 0.396 e. The Hall–Kier alpha value is -0.510. The Bertz CT molecular complexity index is 356. The zero-order chi connectivity index (χ0) is 12.1. The number of aryl methyl sites for hydroxylation is 1. The normalized spacial score (nSPS) is 21.6. The van der Waals surface area contributed by atoms with Crippen molar-refractivity contribution in [2.45, 2.75) is 31.8 Å². The Morgan fingerprint density at radius 2 is 2.29 bits per heavy atom. The molecule has 0 aromatic heterocycles. The van der Waals surface area contributed by atoms with Gasteiger partial charge in [-0.15, -0.1) is 0 Å². The fourth-order valence-electron chi connectivity index (χ4n) is 2.33. The van der Waals surface area contributed by atoms with Crippen LogP contribution in [0.2, 0.25) is 0 Å². The third-order valence-corrected chi connectivity index (χ3v) is 4.34. The van der Waals surface area contributed by atoms with Crippen LogP contribution in [0.1, 0.15) is 30.5 Å². The van der Waals surface area contributed by atoms with E-state index in [0.717, 1.165) is 12.2 Å². The third-order valence-electron chi connectivity index (χ3n) is 3.28. The zero-order valence-corrected chi connectivity index (χ0v) is 11.2. The van der Waals surface area contributed by atoms with E-state index in [9.17, 15) is 0 Å². The van der Waals surface area contributed by atoms with Crippen LogP contribution in [-0.4, -0.2) is 29.3 Å². The molecule has 2 N–H and O–H groups in total. The quantitative estimate of drug-likeness (QED) is 0.862. The van der Waals surface area contributed by atoms with Gasteiger partial charge in [0.15, 0.2) is 0 Å². The van der Waals surface area contributed by atoms with Crippen molar-refractivity contribution in [2.75, 3.05) is 18.1 Å². The van der Waals surface area contributed by atoms with E-state index in [0.29, 0.717) is 12.1 Å². The average molecular weight is 251 g/mol. The third kappa shape index (κ3) is 3.47. The molecule has 0 bridgehead atoms. The summed E-state index contributed by atoms with van der Waals surface area (Å²) in [5.41, 5.74) is 2.92. The predicted octanol–water partition coefficient (Wildman–Crippen LogP) is 2.38. The number of benzene rings is 1. The highest BCUT2D eigenvalue weighted by Gasteiger charge is 2.19. The van der Waals surface area contributed by atoms with Gasteiger partial charge in [-0.3, -0.25) is 0 Å². The molecule has 1 aliphatic rings. The van der Waals surface area contributed by atoms with Gasteiger partial charge in [-0.25, -0.2) is 0 Å². The van der Waals surface area contributed by atoms with Crippen molar-refractivity contribution in [2.24, 2.45) is 0 Å². The summed E-state index contributed by atoms with van der Waals surface area (Å²) in [7, 11) is 0. The predicted molar refractivity (Wildman–Crippen MR) is 74.5 cm³/mol. The molecule has 0 aliphatic carbocycles. The molecular formula is C14H21NOS. The van der Waals surface area contributed by atoms with Crippen molar-refractivity contribution < 1.29 is 5.11 Å². The molecular weight excluding hydrogens is 230 g/mol. The maximum atomic E-state index is 8.97. The van der Waals surface area contributed by atoms with Gasteiger partial charge < -0.3 is 10.4 Å². The molecule has 1 aliphatic heterocycles. The highest BCUT2D eigenvalue weighted by atomic mass is 32.2. The van der Waals surface area contributed by atoms with Crippen LogP contribution in [0.15, 0.2) is 24.3 Å². The van der Waals surface area contributed by atoms with Crippen LogP contribution in [-0.2, 0) is 6.42 Å². The van der Waals surface area contributed by atoms with Gasteiger partial charge in [-0.1, -0.05) is 24.3 Å². The van der Waals surface area contributed by atoms with Crippen LogP contribution in [0.4, 0.5) is 0 Å². The molecule has 0 radical (unpaired) electrons. The first-order valence-electron chi connectivity index (χ1n) is 6.33. The minimum atomic E-state index is 0.260. The first-order chi connectivity index (χ1) is 8.31. The van der Waals surface area contributed by atoms with Gasteiger partial charge in [0.1, 0.15) is 0 Å². The Kier molecular flexibility index (Phi) is 4.89. The van der Waals surface area contributed by atoms with E-state index in [-0.39, 0.29) is 6.61 Å². The van der Waals surface area contributed by atoms with E-state index in [1.165, 1.54) is 23.3 Å². The topological polar surface area (TPSA) is 32.3 Å². The molecule has 3 heteroatoms. The molecule has 1 aromatic carbocycles. The number of hydrogen-bond acceptors (Lipinski definition) is 3. The number of aliphatic hydroxyl groups excluding tert-OH is 1. The van der Waals surface area contributed by atoms with Gasteiger partial charge in [0.05, 0.1) is 0 Å². The standard InChI is InChI=1S/C14H21NOS/c1-11(6-8-16)15-14-10-17-9-7-12-4-2-3-5-13(12)14/h2-5,11,14-16H,6-10H2,1H3. The van der Waals surface area contributed by atoms with Crippen molar-refractivity contribution in [3.8, 4) is 0 Å². The Labute approximate surface area is 108 Å². The van der Waals surface area contributed by atoms with Crippen molar-refractivity contribution in [3.63, 3.8) is 0 Å². The number of aliphatic hydroxyl groups is 1. The molecule has 0 saturated carbocycles. The minimum Gasteiger partial charge on any atom is -0.396 e. The first kappa shape index (κ1) is 12.9. The fraction of sp³-hybridized carbons (Fsp3) is 0.571. The van der Waals surface area contributed by atoms with E-state index in [2.05, 4.69) is 36.5 Å². The maximum absolute atomic E-state index is 8.97. The molecule has 1 heterocycles. The summed E-state index contributed by atoms with van der Waals surface area (Å²) < 4.78 is 0. The lowest BCUT2D eigenvalue weighted by molar-refractivity contribution is 0.265. The van der Waals surface area contributed by atoms with E-state index in [1.54, 1.807) is 0 Å². The summed E-state index contributed by atoms with van der Waals surface area (Å²) >= 11 is 2.02. The number of rotatable bonds is 4. The second-order valence-electron chi connectivity index (χ2n) is 4.66. The Morgan fingerprint density at radius 1 is 1.47 bits per heavy atom. The van der Waals surface area contributed by atoms with E-state index >= 15 is 0 Å². The highest BCUT2D eigenvalue weighted by Crippen LogP contribution is 2.27. The van der Waals surface area contributed by atoms with Crippen LogP contribution < -0.4 is 5.32 Å². The van der Waals surface area contributed by atoms with E-state index in [4.69, 9.17) is 5.11 Å².